The van der Waals surface area contributed by atoms with Crippen molar-refractivity contribution >= 4 is 41.9 Å². The van der Waals surface area contributed by atoms with E-state index in [2.05, 4.69) is 10.3 Å². The summed E-state index contributed by atoms with van der Waals surface area (Å²) in [7, 11) is 3.24. The summed E-state index contributed by atoms with van der Waals surface area (Å²) in [6.07, 6.45) is -1.75. The van der Waals surface area contributed by atoms with Gasteiger partial charge in [0, 0.05) is 18.2 Å². The van der Waals surface area contributed by atoms with Crippen LogP contribution in [-0.2, 0) is 43.7 Å². The summed E-state index contributed by atoms with van der Waals surface area (Å²) in [6.45, 7) is 0.0509. The number of nitrogens with one attached hydrogen (secondary N) is 1. The van der Waals surface area contributed by atoms with Crippen molar-refractivity contribution in [1.29, 1.82) is 0 Å². The predicted molar refractivity (Wildman–Crippen MR) is 196 cm³/mol. The zero-order valence-electron chi connectivity index (χ0n) is 27.2. The molecule has 256 valence electrons. The molecule has 1 amide bonds. The van der Waals surface area contributed by atoms with Gasteiger partial charge in [0.1, 0.15) is 41.4 Å². The first kappa shape index (κ1) is 35.4. The summed E-state index contributed by atoms with van der Waals surface area (Å²) in [5, 5.41) is 2.67. The third kappa shape index (κ3) is 7.81. The van der Waals surface area contributed by atoms with E-state index < -0.39 is 35.9 Å². The van der Waals surface area contributed by atoms with E-state index in [1.807, 2.05) is 84.9 Å². The molecule has 13 heteroatoms. The molecule has 0 radical (unpaired) electrons. The first-order valence-corrected chi connectivity index (χ1v) is 19.0. The van der Waals surface area contributed by atoms with Crippen LogP contribution in [0.2, 0.25) is 0 Å². The molecule has 1 aliphatic heterocycles. The number of ether oxygens (including phenoxy) is 4. The first-order chi connectivity index (χ1) is 24.3. The largest absolute Gasteiger partial charge is 0.497 e. The molecular formula is C37H34N3O7PS2. The Hall–Kier alpha value is -4.42. The van der Waals surface area contributed by atoms with Gasteiger partial charge in [-0.1, -0.05) is 72.8 Å². The fourth-order valence-corrected chi connectivity index (χ4v) is 7.11. The molecule has 4 atom stereocenters. The topological polar surface area (TPSA) is 110 Å². The zero-order valence-corrected chi connectivity index (χ0v) is 29.7. The van der Waals surface area contributed by atoms with Crippen molar-refractivity contribution in [3.05, 3.63) is 154 Å². The fourth-order valence-electron chi connectivity index (χ4n) is 6.00. The molecule has 1 saturated heterocycles. The van der Waals surface area contributed by atoms with E-state index in [0.717, 1.165) is 16.7 Å². The third-order valence-corrected chi connectivity index (χ3v) is 9.42. The molecule has 2 heterocycles. The van der Waals surface area contributed by atoms with E-state index in [-0.39, 0.29) is 24.8 Å². The average Bonchev–Trinajstić information content (AvgIpc) is 3.54. The van der Waals surface area contributed by atoms with Crippen LogP contribution in [0.3, 0.4) is 0 Å². The molecule has 1 fully saturated rings. The minimum absolute atomic E-state index is 0.0509. The lowest BCUT2D eigenvalue weighted by Crippen LogP contribution is -2.38. The Bertz CT molecular complexity index is 1930. The van der Waals surface area contributed by atoms with Crippen LogP contribution in [0.5, 0.6) is 11.5 Å². The summed E-state index contributed by atoms with van der Waals surface area (Å²) >= 11 is 10.6. The van der Waals surface area contributed by atoms with Gasteiger partial charge in [-0.15, -0.1) is 0 Å². The normalized spacial score (nSPS) is 17.6. The van der Waals surface area contributed by atoms with Gasteiger partial charge in [0.05, 0.1) is 20.8 Å². The van der Waals surface area contributed by atoms with Crippen molar-refractivity contribution in [3.63, 3.8) is 0 Å². The van der Waals surface area contributed by atoms with Crippen LogP contribution in [0, 0.1) is 0 Å². The van der Waals surface area contributed by atoms with Gasteiger partial charge in [-0.05, 0) is 59.2 Å². The van der Waals surface area contributed by atoms with Crippen molar-refractivity contribution < 1.29 is 28.3 Å². The molecule has 0 bridgehead atoms. The second-order valence-electron chi connectivity index (χ2n) is 11.4. The van der Waals surface area contributed by atoms with Crippen LogP contribution in [0.15, 0.2) is 126 Å². The minimum Gasteiger partial charge on any atom is -0.497 e. The average molecular weight is 728 g/mol. The van der Waals surface area contributed by atoms with E-state index in [1.54, 1.807) is 44.6 Å². The Morgan fingerprint density at radius 3 is 2.00 bits per heavy atom. The molecule has 5 aromatic rings. The lowest BCUT2D eigenvalue weighted by molar-refractivity contribution is -0.0904. The highest BCUT2D eigenvalue weighted by Crippen LogP contribution is 2.43. The third-order valence-electron chi connectivity index (χ3n) is 8.46. The number of hydrogen-bond donors (Lipinski definition) is 1. The van der Waals surface area contributed by atoms with Crippen LogP contribution < -0.4 is 20.5 Å². The standard InChI is InChI=1S/C37H34N3O7PS2/c1-43-29-17-13-27(14-18-29)37(26-11-7-4-8-12-26,28-15-19-30(44-2)20-16-28)45-24-32-31(47-48(49)50)23-34(46-32)40-22-21-33(39-36(40)42)38-35(41)25-9-5-3-6-10-25/h3-22,31-32,34H,23-24H2,1-2H3,(H,38,39,41,42)/t31-,32+,34+/m0/s1. The number of rotatable bonds is 13. The number of methoxy groups -OCH3 is 2. The van der Waals surface area contributed by atoms with Gasteiger partial charge in [0.15, 0.2) is 11.8 Å². The number of benzene rings is 4. The number of anilines is 1. The van der Waals surface area contributed by atoms with Crippen LogP contribution in [0.1, 0.15) is 39.7 Å². The van der Waals surface area contributed by atoms with Gasteiger partial charge < -0.3 is 36.5 Å². The van der Waals surface area contributed by atoms with E-state index >= 15 is 0 Å². The van der Waals surface area contributed by atoms with Gasteiger partial charge in [0.2, 0.25) is 6.13 Å². The molecule has 6 rings (SSSR count). The Balaban J connectivity index is 1.31. The molecule has 1 unspecified atom stereocenters. The molecule has 0 aliphatic carbocycles. The molecule has 4 aromatic carbocycles. The highest BCUT2D eigenvalue weighted by molar-refractivity contribution is 8.45. The summed E-state index contributed by atoms with van der Waals surface area (Å²) in [6, 6.07) is 35.5. The molecular weight excluding hydrogens is 694 g/mol. The first-order valence-electron chi connectivity index (χ1n) is 15.7. The number of aromatic nitrogens is 2. The van der Waals surface area contributed by atoms with Crippen LogP contribution >= 0.6 is 6.13 Å². The maximum absolute atomic E-state index is 13.2. The lowest BCUT2D eigenvalue weighted by Gasteiger charge is -2.37. The lowest BCUT2D eigenvalue weighted by atomic mass is 9.80. The number of amides is 1. The second-order valence-corrected chi connectivity index (χ2v) is 14.7. The summed E-state index contributed by atoms with van der Waals surface area (Å²) < 4.78 is 31.9. The monoisotopic (exact) mass is 727 g/mol. The summed E-state index contributed by atoms with van der Waals surface area (Å²) in [5.41, 5.74) is 1.32. The Kier molecular flexibility index (Phi) is 11.4. The Morgan fingerprint density at radius 2 is 1.46 bits per heavy atom. The minimum atomic E-state index is -1.60. The number of carbonyl (C=O) groups is 1. The van der Waals surface area contributed by atoms with Gasteiger partial charge in [0.25, 0.3) is 5.91 Å². The fraction of sp³-hybridized carbons (Fsp3) is 0.216. The van der Waals surface area contributed by atoms with Crippen molar-refractivity contribution in [3.8, 4) is 11.5 Å². The van der Waals surface area contributed by atoms with Crippen LogP contribution in [0.25, 0.3) is 0 Å². The van der Waals surface area contributed by atoms with Crippen LogP contribution in [0.4, 0.5) is 5.82 Å². The molecule has 1 aromatic heterocycles. The molecule has 0 saturated carbocycles. The molecule has 1 aliphatic rings. The zero-order chi connectivity index (χ0) is 35.1. The maximum Gasteiger partial charge on any atom is 0.351 e. The number of hydrogen-bond acceptors (Lipinski definition) is 10. The summed E-state index contributed by atoms with van der Waals surface area (Å²) in [4.78, 5) is 30.0. The quantitative estimate of drug-likeness (QED) is 0.0819. The molecule has 10 nitrogen and oxygen atoms in total. The van der Waals surface area contributed by atoms with E-state index in [0.29, 0.717) is 17.1 Å². The molecule has 50 heavy (non-hydrogen) atoms. The Labute approximate surface area is 301 Å². The maximum atomic E-state index is 13.2. The highest BCUT2D eigenvalue weighted by atomic mass is 32.9. The number of carbonyl (C=O) groups excluding carboxylic acids is 1. The highest BCUT2D eigenvalue weighted by Gasteiger charge is 2.44. The predicted octanol–water partition coefficient (Wildman–Crippen LogP) is 6.51. The van der Waals surface area contributed by atoms with E-state index in [9.17, 15) is 9.59 Å². The van der Waals surface area contributed by atoms with Gasteiger partial charge in [-0.3, -0.25) is 9.36 Å². The smallest absolute Gasteiger partial charge is 0.351 e. The summed E-state index contributed by atoms with van der Waals surface area (Å²) in [5.74, 6) is 1.15. The van der Waals surface area contributed by atoms with Gasteiger partial charge in [-0.2, -0.15) is 9.51 Å². The van der Waals surface area contributed by atoms with Crippen molar-refractivity contribution in [2.75, 3.05) is 26.1 Å². The van der Waals surface area contributed by atoms with Crippen molar-refractivity contribution in [2.45, 2.75) is 30.5 Å². The van der Waals surface area contributed by atoms with E-state index in [1.165, 1.54) is 10.8 Å². The van der Waals surface area contributed by atoms with E-state index in [4.69, 9.17) is 47.5 Å². The number of nitrogens with zero attached hydrogens (tertiary/aromatic N) is 2. The van der Waals surface area contributed by atoms with Crippen LogP contribution in [-0.4, -0.2) is 48.5 Å². The SMILES string of the molecule is COc1ccc(C(OC[C@H]2O[C@@H](n3ccc(NC(=O)c4ccccc4)nc3=O)C[C@@H]2O[P+](=S)[S-])(c2ccccc2)c2ccc(OC)cc2)cc1. The van der Waals surface area contributed by atoms with Crippen molar-refractivity contribution in [2.24, 2.45) is 0 Å². The molecule has 0 spiro atoms. The van der Waals surface area contributed by atoms with Crippen molar-refractivity contribution in [1.82, 2.24) is 9.55 Å². The van der Waals surface area contributed by atoms with Gasteiger partial charge in [-0.25, -0.2) is 4.79 Å². The Morgan fingerprint density at radius 1 is 0.900 bits per heavy atom. The second kappa shape index (κ2) is 16.1. The molecule has 1 N–H and O–H groups in total. The van der Waals surface area contributed by atoms with Gasteiger partial charge >= 0.3 is 5.69 Å².